The van der Waals surface area contributed by atoms with E-state index in [1.54, 1.807) is 0 Å². The lowest BCUT2D eigenvalue weighted by molar-refractivity contribution is -0.0446. The van der Waals surface area contributed by atoms with Crippen molar-refractivity contribution in [1.82, 2.24) is 9.80 Å². The molecule has 0 saturated heterocycles. The molecule has 0 fully saturated rings. The van der Waals surface area contributed by atoms with E-state index in [1.807, 2.05) is 0 Å². The zero-order chi connectivity index (χ0) is 14.9. The third kappa shape index (κ3) is 9.77. The molecular weight excluding hydrogens is 281 g/mol. The van der Waals surface area contributed by atoms with Gasteiger partial charge in [0.15, 0.2) is 0 Å². The lowest BCUT2D eigenvalue weighted by atomic mass is 10.2. The molecule has 114 valence electrons. The minimum atomic E-state index is -4.97. The van der Waals surface area contributed by atoms with E-state index in [4.69, 9.17) is 8.76 Å². The molecule has 0 aromatic carbocycles. The van der Waals surface area contributed by atoms with E-state index >= 15 is 0 Å². The van der Waals surface area contributed by atoms with Crippen LogP contribution in [0.3, 0.4) is 0 Å². The SMILES string of the molecule is CCCCCCN1C=CN(C)C1.O=S(O)C(F)(F)F. The Balaban J connectivity index is 0.000000399. The number of hydrogen-bond donors (Lipinski definition) is 1. The van der Waals surface area contributed by atoms with Crippen molar-refractivity contribution in [3.8, 4) is 0 Å². The summed E-state index contributed by atoms with van der Waals surface area (Å²) in [6.07, 6.45) is 9.76. The zero-order valence-electron chi connectivity index (χ0n) is 11.2. The van der Waals surface area contributed by atoms with E-state index in [0.29, 0.717) is 0 Å². The van der Waals surface area contributed by atoms with Crippen LogP contribution in [0.1, 0.15) is 32.6 Å². The average Bonchev–Trinajstić information content (AvgIpc) is 2.70. The van der Waals surface area contributed by atoms with Gasteiger partial charge in [0.25, 0.3) is 11.1 Å². The van der Waals surface area contributed by atoms with Gasteiger partial charge in [0.2, 0.25) is 0 Å². The van der Waals surface area contributed by atoms with Crippen LogP contribution in [0.15, 0.2) is 12.4 Å². The van der Waals surface area contributed by atoms with E-state index in [2.05, 4.69) is 36.2 Å². The molecule has 1 atom stereocenters. The number of rotatable bonds is 5. The molecule has 0 amide bonds. The Bertz CT molecular complexity index is 298. The molecule has 0 saturated carbocycles. The fourth-order valence-electron chi connectivity index (χ4n) is 1.48. The highest BCUT2D eigenvalue weighted by Crippen LogP contribution is 2.16. The second kappa shape index (κ2) is 9.19. The largest absolute Gasteiger partial charge is 0.496 e. The highest BCUT2D eigenvalue weighted by Gasteiger charge is 2.35. The first-order valence-electron chi connectivity index (χ1n) is 6.07. The summed E-state index contributed by atoms with van der Waals surface area (Å²) >= 11 is -3.68. The van der Waals surface area contributed by atoms with Gasteiger partial charge in [-0.05, 0) is 6.42 Å². The average molecular weight is 302 g/mol. The van der Waals surface area contributed by atoms with Crippen molar-refractivity contribution in [1.29, 1.82) is 0 Å². The van der Waals surface area contributed by atoms with Gasteiger partial charge < -0.3 is 9.80 Å². The fraction of sp³-hybridized carbons (Fsp3) is 0.818. The van der Waals surface area contributed by atoms with Crippen molar-refractivity contribution in [2.45, 2.75) is 38.1 Å². The number of unbranched alkanes of at least 4 members (excludes halogenated alkanes) is 3. The molecule has 1 unspecified atom stereocenters. The molecule has 0 bridgehead atoms. The van der Waals surface area contributed by atoms with Crippen molar-refractivity contribution in [2.24, 2.45) is 0 Å². The summed E-state index contributed by atoms with van der Waals surface area (Å²) in [5.74, 6) is 0. The molecule has 0 aliphatic carbocycles. The predicted octanol–water partition coefficient (Wildman–Crippen LogP) is 2.97. The molecular formula is C11H21F3N2O2S. The molecule has 0 aromatic heterocycles. The van der Waals surface area contributed by atoms with Crippen LogP contribution in [0.5, 0.6) is 0 Å². The summed E-state index contributed by atoms with van der Waals surface area (Å²) in [5.41, 5.74) is -4.97. The summed E-state index contributed by atoms with van der Waals surface area (Å²) in [5, 5.41) is 0. The number of alkyl halides is 3. The molecule has 4 nitrogen and oxygen atoms in total. The van der Waals surface area contributed by atoms with Gasteiger partial charge in [0.1, 0.15) is 0 Å². The maximum Gasteiger partial charge on any atom is 0.496 e. The lowest BCUT2D eigenvalue weighted by Crippen LogP contribution is -2.23. The highest BCUT2D eigenvalue weighted by atomic mass is 32.2. The van der Waals surface area contributed by atoms with Gasteiger partial charge in [-0.1, -0.05) is 26.2 Å². The van der Waals surface area contributed by atoms with Crippen molar-refractivity contribution < 1.29 is 21.9 Å². The topological polar surface area (TPSA) is 43.8 Å². The van der Waals surface area contributed by atoms with Crippen LogP contribution in [-0.2, 0) is 11.1 Å². The summed E-state index contributed by atoms with van der Waals surface area (Å²) < 4.78 is 48.1. The van der Waals surface area contributed by atoms with Gasteiger partial charge in [-0.15, -0.1) is 0 Å². The van der Waals surface area contributed by atoms with Crippen molar-refractivity contribution in [3.05, 3.63) is 12.4 Å². The van der Waals surface area contributed by atoms with Crippen LogP contribution < -0.4 is 0 Å². The van der Waals surface area contributed by atoms with Crippen LogP contribution in [0.25, 0.3) is 0 Å². The van der Waals surface area contributed by atoms with E-state index < -0.39 is 16.6 Å². The van der Waals surface area contributed by atoms with E-state index in [0.717, 1.165) is 6.67 Å². The predicted molar refractivity (Wildman–Crippen MR) is 69.4 cm³/mol. The van der Waals surface area contributed by atoms with Gasteiger partial charge in [0, 0.05) is 26.0 Å². The Kier molecular flexibility index (Phi) is 8.82. The van der Waals surface area contributed by atoms with Gasteiger partial charge in [-0.2, -0.15) is 13.2 Å². The lowest BCUT2D eigenvalue weighted by Gasteiger charge is -2.17. The molecule has 1 aliphatic rings. The van der Waals surface area contributed by atoms with Crippen LogP contribution >= 0.6 is 0 Å². The summed E-state index contributed by atoms with van der Waals surface area (Å²) in [4.78, 5) is 4.58. The van der Waals surface area contributed by atoms with Crippen molar-refractivity contribution in [2.75, 3.05) is 20.3 Å². The highest BCUT2D eigenvalue weighted by molar-refractivity contribution is 7.80. The van der Waals surface area contributed by atoms with Crippen molar-refractivity contribution >= 4 is 11.1 Å². The molecule has 1 N–H and O–H groups in total. The Labute approximate surface area is 114 Å². The standard InChI is InChI=1S/C10H20N2.CHF3O2S/c1-3-4-5-6-7-12-9-8-11(2)10-12;2-1(3,4)7(5)6/h8-9H,3-7,10H2,1-2H3;(H,5,6). The third-order valence-electron chi connectivity index (χ3n) is 2.43. The summed E-state index contributed by atoms with van der Waals surface area (Å²) in [7, 11) is 2.11. The fourth-order valence-corrected chi connectivity index (χ4v) is 1.48. The minimum absolute atomic E-state index is 1.08. The molecule has 0 radical (unpaired) electrons. The van der Waals surface area contributed by atoms with Crippen molar-refractivity contribution in [3.63, 3.8) is 0 Å². The van der Waals surface area contributed by atoms with E-state index in [1.165, 1.54) is 32.2 Å². The van der Waals surface area contributed by atoms with Crippen LogP contribution in [0, 0.1) is 0 Å². The molecule has 19 heavy (non-hydrogen) atoms. The van der Waals surface area contributed by atoms with Crippen LogP contribution in [0.2, 0.25) is 0 Å². The van der Waals surface area contributed by atoms with E-state index in [9.17, 15) is 13.2 Å². The first-order valence-corrected chi connectivity index (χ1v) is 7.18. The molecule has 0 spiro atoms. The second-order valence-electron chi connectivity index (χ2n) is 4.26. The minimum Gasteiger partial charge on any atom is -0.362 e. The monoisotopic (exact) mass is 302 g/mol. The molecule has 8 heteroatoms. The molecule has 1 aliphatic heterocycles. The first-order chi connectivity index (χ1) is 8.77. The quantitative estimate of drug-likeness (QED) is 0.626. The maximum absolute atomic E-state index is 10.6. The van der Waals surface area contributed by atoms with Gasteiger partial charge >= 0.3 is 5.51 Å². The van der Waals surface area contributed by atoms with E-state index in [-0.39, 0.29) is 0 Å². The summed E-state index contributed by atoms with van der Waals surface area (Å²) in [6.45, 7) is 4.55. The molecule has 0 aromatic rings. The maximum atomic E-state index is 10.6. The Hall–Kier alpha value is -0.760. The second-order valence-corrected chi connectivity index (χ2v) is 5.23. The van der Waals surface area contributed by atoms with Gasteiger partial charge in [-0.3, -0.25) is 4.55 Å². The molecule has 1 heterocycles. The number of halogens is 3. The zero-order valence-corrected chi connectivity index (χ0v) is 12.0. The normalized spacial score (nSPS) is 16.3. The van der Waals surface area contributed by atoms with Gasteiger partial charge in [-0.25, -0.2) is 4.21 Å². The van der Waals surface area contributed by atoms with Gasteiger partial charge in [0.05, 0.1) is 6.67 Å². The molecule has 1 rings (SSSR count). The smallest absolute Gasteiger partial charge is 0.362 e. The van der Waals surface area contributed by atoms with Crippen LogP contribution in [-0.4, -0.2) is 44.3 Å². The van der Waals surface area contributed by atoms with Crippen LogP contribution in [0.4, 0.5) is 13.2 Å². The number of hydrogen-bond acceptors (Lipinski definition) is 3. The summed E-state index contributed by atoms with van der Waals surface area (Å²) in [6, 6.07) is 0. The first kappa shape index (κ1) is 18.2. The number of nitrogens with zero attached hydrogens (tertiary/aromatic N) is 2. The third-order valence-corrected chi connectivity index (χ3v) is 2.83. The Morgan fingerprint density at radius 2 is 1.84 bits per heavy atom. The Morgan fingerprint density at radius 3 is 2.21 bits per heavy atom. The Morgan fingerprint density at radius 1 is 1.26 bits per heavy atom.